The lowest BCUT2D eigenvalue weighted by atomic mass is 10.1. The van der Waals surface area contributed by atoms with Crippen molar-refractivity contribution in [3.8, 4) is 69.0 Å². The summed E-state index contributed by atoms with van der Waals surface area (Å²) in [6.45, 7) is 8.43. The van der Waals surface area contributed by atoms with E-state index in [9.17, 15) is 14.4 Å². The number of piperazine rings is 1. The fourth-order valence-electron chi connectivity index (χ4n) is 11.2. The van der Waals surface area contributed by atoms with Gasteiger partial charge in [-0.3, -0.25) is 14.4 Å². The first kappa shape index (κ1) is 80.4. The monoisotopic (exact) mass is 1520 g/mol. The molecular weight excluding hydrogens is 1430 g/mol. The van der Waals surface area contributed by atoms with E-state index in [2.05, 4.69) is 10.6 Å². The van der Waals surface area contributed by atoms with Crippen LogP contribution in [-0.2, 0) is 39.6 Å². The van der Waals surface area contributed by atoms with Crippen molar-refractivity contribution in [2.45, 2.75) is 78.2 Å². The number of halogens is 4. The fourth-order valence-corrected chi connectivity index (χ4v) is 12.3. The largest absolute Gasteiger partial charge is 0.497 e. The molecule has 3 aliphatic rings. The average molecular weight is 1530 g/mol. The Morgan fingerprint density at radius 1 is 0.302 bits per heavy atom. The Balaban J connectivity index is 0.000000177. The summed E-state index contributed by atoms with van der Waals surface area (Å²) in [4.78, 5) is 41.7. The molecule has 23 heteroatoms. The van der Waals surface area contributed by atoms with Crippen molar-refractivity contribution in [1.29, 1.82) is 0 Å². The number of nitrogens with zero attached hydrogens (tertiary/aromatic N) is 2. The molecule has 19 nitrogen and oxygen atoms in total. The molecule has 3 aliphatic heterocycles. The van der Waals surface area contributed by atoms with Gasteiger partial charge in [-0.1, -0.05) is 114 Å². The molecule has 2 N–H and O–H groups in total. The van der Waals surface area contributed by atoms with Gasteiger partial charge in [-0.25, -0.2) is 0 Å². The van der Waals surface area contributed by atoms with Crippen LogP contribution < -0.4 is 67.5 Å². The van der Waals surface area contributed by atoms with Gasteiger partial charge in [0.25, 0.3) is 17.1 Å². The molecule has 0 spiro atoms. The Labute approximate surface area is 640 Å². The Hall–Kier alpha value is -9.73. The number of ether oxygens (including phenoxy) is 12. The number of hydrogen-bond acceptors (Lipinski definition) is 17. The van der Waals surface area contributed by atoms with Gasteiger partial charge in [0.05, 0.1) is 74.4 Å². The third-order valence-corrected chi connectivity index (χ3v) is 18.7. The first-order valence-electron chi connectivity index (χ1n) is 34.9. The quantitative estimate of drug-likeness (QED) is 0.0461. The third-order valence-electron chi connectivity index (χ3n) is 17.4. The Bertz CT molecular complexity index is 4020. The van der Waals surface area contributed by atoms with Crippen LogP contribution in [0, 0.1) is 0 Å². The van der Waals surface area contributed by atoms with Gasteiger partial charge in [0.2, 0.25) is 0 Å². The first-order valence-corrected chi connectivity index (χ1v) is 36.4. The van der Waals surface area contributed by atoms with E-state index >= 15 is 0 Å². The molecule has 106 heavy (non-hydrogen) atoms. The summed E-state index contributed by atoms with van der Waals surface area (Å²) in [5, 5.41) is 6.49. The van der Waals surface area contributed by atoms with Gasteiger partial charge in [-0.05, 0) is 199 Å². The SMILES string of the molecule is C1CCNCC1.COc1ccc(COc2ccc(C(=O)Cl)c(Cl)c2OCc2ccc(OC)cc2)cc1.COc1ccc(COc2ccc(C(=O)N3CCCCC3)c(Cl)c2OCc2ccc(OC)cc2)cc1.COc1ccc(COc2ccc(C(=O)N3CCNCC3)c(Cl)c2OCc2ccc(OC)cc2)cc1. The summed E-state index contributed by atoms with van der Waals surface area (Å²) in [6.07, 6.45) is 7.37. The molecule has 0 aliphatic carbocycles. The molecule has 3 fully saturated rings. The van der Waals surface area contributed by atoms with E-state index in [0.29, 0.717) is 66.2 Å². The maximum Gasteiger partial charge on any atom is 0.255 e. The molecule has 560 valence electrons. The summed E-state index contributed by atoms with van der Waals surface area (Å²) in [5.41, 5.74) is 6.61. The number of rotatable bonds is 27. The topological polar surface area (TPSA) is 193 Å². The maximum atomic E-state index is 13.2. The number of piperidine rings is 2. The summed E-state index contributed by atoms with van der Waals surface area (Å²) < 4.78 is 67.5. The van der Waals surface area contributed by atoms with Gasteiger partial charge in [0.15, 0.2) is 34.5 Å². The van der Waals surface area contributed by atoms with Crippen molar-refractivity contribution in [1.82, 2.24) is 20.4 Å². The molecule has 3 heterocycles. The minimum Gasteiger partial charge on any atom is -0.497 e. The number of likely N-dealkylation sites (tertiary alicyclic amines) is 1. The predicted octanol–water partition coefficient (Wildman–Crippen LogP) is 17.4. The van der Waals surface area contributed by atoms with Gasteiger partial charge in [-0.15, -0.1) is 0 Å². The smallest absolute Gasteiger partial charge is 0.255 e. The minimum atomic E-state index is -0.670. The van der Waals surface area contributed by atoms with E-state index in [-0.39, 0.29) is 64.6 Å². The summed E-state index contributed by atoms with van der Waals surface area (Å²) in [7, 11) is 9.73. The van der Waals surface area contributed by atoms with Gasteiger partial charge < -0.3 is 77.3 Å². The first-order chi connectivity index (χ1) is 51.7. The molecule has 0 radical (unpaired) electrons. The zero-order valence-electron chi connectivity index (χ0n) is 60.5. The lowest BCUT2D eigenvalue weighted by molar-refractivity contribution is 0.0720. The van der Waals surface area contributed by atoms with E-state index in [1.807, 2.05) is 150 Å². The second kappa shape index (κ2) is 42.4. The molecule has 0 bridgehead atoms. The molecule has 3 saturated heterocycles. The third kappa shape index (κ3) is 23.9. The number of carbonyl (C=O) groups is 3. The van der Waals surface area contributed by atoms with Crippen LogP contribution >= 0.6 is 46.4 Å². The molecule has 9 aromatic carbocycles. The normalized spacial score (nSPS) is 13.1. The van der Waals surface area contributed by atoms with Crippen LogP contribution in [0.5, 0.6) is 69.0 Å². The molecule has 0 unspecified atom stereocenters. The van der Waals surface area contributed by atoms with Crippen molar-refractivity contribution in [2.75, 3.05) is 95.0 Å². The number of carbonyl (C=O) groups excluding carboxylic acids is 3. The molecule has 2 amide bonds. The average Bonchev–Trinajstić information content (AvgIpc) is 0.812. The van der Waals surface area contributed by atoms with E-state index in [0.717, 1.165) is 113 Å². The number of amides is 2. The minimum absolute atomic E-state index is 0.0781. The van der Waals surface area contributed by atoms with Crippen LogP contribution in [0.4, 0.5) is 0 Å². The molecule has 0 atom stereocenters. The van der Waals surface area contributed by atoms with Crippen LogP contribution in [0.15, 0.2) is 182 Å². The van der Waals surface area contributed by atoms with Gasteiger partial charge in [-0.2, -0.15) is 0 Å². The highest BCUT2D eigenvalue weighted by atomic mass is 35.5. The zero-order valence-corrected chi connectivity index (χ0v) is 63.5. The van der Waals surface area contributed by atoms with Gasteiger partial charge in [0, 0.05) is 39.3 Å². The molecule has 0 saturated carbocycles. The maximum absolute atomic E-state index is 13.2. The van der Waals surface area contributed by atoms with Crippen molar-refractivity contribution in [2.24, 2.45) is 0 Å². The number of methoxy groups -OCH3 is 6. The number of benzene rings is 9. The van der Waals surface area contributed by atoms with Crippen LogP contribution in [0.1, 0.15) is 103 Å². The van der Waals surface area contributed by atoms with E-state index in [1.54, 1.807) is 77.9 Å². The van der Waals surface area contributed by atoms with Gasteiger partial charge >= 0.3 is 0 Å². The Kier molecular flexibility index (Phi) is 32.2. The second-order valence-corrected chi connectivity index (χ2v) is 26.0. The van der Waals surface area contributed by atoms with Crippen molar-refractivity contribution in [3.05, 3.63) is 247 Å². The Morgan fingerprint density at radius 2 is 0.547 bits per heavy atom. The summed E-state index contributed by atoms with van der Waals surface area (Å²) in [5.74, 6) is 6.71. The highest BCUT2D eigenvalue weighted by Crippen LogP contribution is 2.43. The highest BCUT2D eigenvalue weighted by molar-refractivity contribution is 6.68. The van der Waals surface area contributed by atoms with E-state index < -0.39 is 5.24 Å². The van der Waals surface area contributed by atoms with Gasteiger partial charge in [0.1, 0.15) is 74.1 Å². The van der Waals surface area contributed by atoms with Crippen molar-refractivity contribution >= 4 is 63.5 Å². The number of hydrogen-bond donors (Lipinski definition) is 2. The lowest BCUT2D eigenvalue weighted by Crippen LogP contribution is -2.46. The van der Waals surface area contributed by atoms with Crippen LogP contribution in [-0.4, -0.2) is 122 Å². The summed E-state index contributed by atoms with van der Waals surface area (Å²) >= 11 is 25.6. The summed E-state index contributed by atoms with van der Waals surface area (Å²) in [6, 6.07) is 55.4. The molecule has 9 aromatic rings. The standard InChI is InChI=1S/C28H30ClNO5.C27H29ClN2O5.C23H20Cl2O5.C5H11N/c1-32-22-10-6-20(7-11-22)18-34-25-15-14-24(28(31)30-16-4-3-5-17-30)26(29)27(25)35-19-21-8-12-23(33-2)13-9-21;1-32-21-7-3-19(4-8-21)17-34-24-12-11-23(27(31)30-15-13-29-14-16-30)25(28)26(24)35-18-20-5-9-22(33-2)10-6-20;1-27-17-7-3-15(4-8-17)13-29-20-12-11-19(23(25)26)21(24)22(20)30-14-16-5-9-18(28-2)10-6-16;1-2-4-6-5-3-1/h6-15H,3-5,16-19H2,1-2H3;3-12,29H,13-18H2,1-2H3;3-12H,13-14H2,1-2H3;6H,1-5H2. The highest BCUT2D eigenvalue weighted by Gasteiger charge is 2.27. The van der Waals surface area contributed by atoms with Crippen LogP contribution in [0.2, 0.25) is 15.1 Å². The predicted molar refractivity (Wildman–Crippen MR) is 414 cm³/mol. The zero-order chi connectivity index (χ0) is 75.0. The van der Waals surface area contributed by atoms with E-state index in [1.165, 1.54) is 38.4 Å². The number of nitrogens with one attached hydrogen (secondary N) is 2. The van der Waals surface area contributed by atoms with Crippen LogP contribution in [0.3, 0.4) is 0 Å². The Morgan fingerprint density at radius 3 is 0.802 bits per heavy atom. The molecule has 12 rings (SSSR count). The van der Waals surface area contributed by atoms with Crippen molar-refractivity contribution < 1.29 is 71.2 Å². The van der Waals surface area contributed by atoms with E-state index in [4.69, 9.17) is 103 Å². The molecule has 0 aromatic heterocycles. The lowest BCUT2D eigenvalue weighted by Gasteiger charge is -2.28. The van der Waals surface area contributed by atoms with Crippen molar-refractivity contribution in [3.63, 3.8) is 0 Å². The van der Waals surface area contributed by atoms with Crippen LogP contribution in [0.25, 0.3) is 0 Å². The second-order valence-electron chi connectivity index (χ2n) is 24.6. The molecular formula is C83H90Cl4N4O15. The fraction of sp³-hybridized carbons (Fsp3) is 0.313.